The molecule has 318 valence electrons. The van der Waals surface area contributed by atoms with Gasteiger partial charge in [0.2, 0.25) is 0 Å². The second-order valence-electron chi connectivity index (χ2n) is 17.6. The normalized spacial score (nSPS) is 11.5. The number of anilines is 3. The van der Waals surface area contributed by atoms with Gasteiger partial charge in [0.1, 0.15) is 0 Å². The zero-order valence-electron chi connectivity index (χ0n) is 37.3. The molecule has 0 amide bonds. The van der Waals surface area contributed by atoms with Gasteiger partial charge in [-0.05, 0) is 115 Å². The van der Waals surface area contributed by atoms with Crippen LogP contribution in [-0.4, -0.2) is 4.57 Å². The Bertz CT molecular complexity index is 3970. The molecule has 1 heterocycles. The summed E-state index contributed by atoms with van der Waals surface area (Å²) < 4.78 is 2.49. The second kappa shape index (κ2) is 16.5. The molecule has 13 aromatic rings. The smallest absolute Gasteiger partial charge is 0.0626 e. The maximum atomic E-state index is 2.49. The summed E-state index contributed by atoms with van der Waals surface area (Å²) in [5.74, 6) is 0. The van der Waals surface area contributed by atoms with Gasteiger partial charge in [0.15, 0.2) is 0 Å². The van der Waals surface area contributed by atoms with E-state index in [1.165, 1.54) is 98.6 Å². The first-order valence-electron chi connectivity index (χ1n) is 23.4. The van der Waals surface area contributed by atoms with E-state index < -0.39 is 0 Å². The summed E-state index contributed by atoms with van der Waals surface area (Å²) in [7, 11) is 0. The van der Waals surface area contributed by atoms with Crippen LogP contribution in [0, 0.1) is 0 Å². The van der Waals surface area contributed by atoms with Crippen LogP contribution in [0.25, 0.3) is 104 Å². The number of hydrogen-bond acceptors (Lipinski definition) is 1. The number of fused-ring (bicyclic) bond motifs is 10. The molecule has 1 aromatic heterocycles. The number of benzene rings is 12. The first-order valence-corrected chi connectivity index (χ1v) is 23.4. The number of hydrogen-bond donors (Lipinski definition) is 0. The molecule has 0 atom stereocenters. The highest BCUT2D eigenvalue weighted by atomic mass is 15.1. The Labute approximate surface area is 395 Å². The lowest BCUT2D eigenvalue weighted by molar-refractivity contribution is 1.19. The van der Waals surface area contributed by atoms with Crippen LogP contribution in [0.4, 0.5) is 17.1 Å². The lowest BCUT2D eigenvalue weighted by Gasteiger charge is -2.28. The van der Waals surface area contributed by atoms with Crippen molar-refractivity contribution in [2.75, 3.05) is 4.90 Å². The molecule has 2 nitrogen and oxygen atoms in total. The van der Waals surface area contributed by atoms with E-state index in [4.69, 9.17) is 0 Å². The number of rotatable bonds is 8. The zero-order chi connectivity index (χ0) is 45.0. The molecule has 0 bridgehead atoms. The highest BCUT2D eigenvalue weighted by molar-refractivity contribution is 6.38. The molecule has 0 fully saturated rings. The monoisotopic (exact) mass is 864 g/mol. The summed E-state index contributed by atoms with van der Waals surface area (Å²) in [4.78, 5) is 2.40. The van der Waals surface area contributed by atoms with Gasteiger partial charge in [-0.25, -0.2) is 0 Å². The predicted octanol–water partition coefficient (Wildman–Crippen LogP) is 18.4. The van der Waals surface area contributed by atoms with E-state index in [1.807, 2.05) is 0 Å². The van der Waals surface area contributed by atoms with Crippen LogP contribution in [0.15, 0.2) is 267 Å². The van der Waals surface area contributed by atoms with Crippen molar-refractivity contribution in [1.82, 2.24) is 4.57 Å². The molecule has 0 aliphatic rings. The zero-order valence-corrected chi connectivity index (χ0v) is 37.3. The molecule has 68 heavy (non-hydrogen) atoms. The quantitative estimate of drug-likeness (QED) is 0.138. The van der Waals surface area contributed by atoms with Crippen molar-refractivity contribution in [3.63, 3.8) is 0 Å². The van der Waals surface area contributed by atoms with Crippen LogP contribution < -0.4 is 4.90 Å². The summed E-state index contributed by atoms with van der Waals surface area (Å²) in [5, 5.41) is 10.0. The van der Waals surface area contributed by atoms with E-state index in [2.05, 4.69) is 276 Å². The van der Waals surface area contributed by atoms with Crippen molar-refractivity contribution < 1.29 is 0 Å². The summed E-state index contributed by atoms with van der Waals surface area (Å²) in [5.41, 5.74) is 16.4. The molecule has 0 saturated heterocycles. The minimum Gasteiger partial charge on any atom is -0.310 e. The summed E-state index contributed by atoms with van der Waals surface area (Å²) in [6.45, 7) is 0. The Kier molecular flexibility index (Phi) is 9.54. The topological polar surface area (TPSA) is 8.17 Å². The summed E-state index contributed by atoms with van der Waals surface area (Å²) >= 11 is 0. The predicted molar refractivity (Wildman–Crippen MR) is 290 cm³/mol. The van der Waals surface area contributed by atoms with E-state index in [-0.39, 0.29) is 0 Å². The average molecular weight is 865 g/mol. The van der Waals surface area contributed by atoms with Gasteiger partial charge in [-0.2, -0.15) is 0 Å². The molecular formula is C66H44N2. The van der Waals surface area contributed by atoms with Crippen LogP contribution in [0.1, 0.15) is 0 Å². The van der Waals surface area contributed by atoms with E-state index in [1.54, 1.807) is 0 Å². The first kappa shape index (κ1) is 39.4. The third kappa shape index (κ3) is 6.57. The molecule has 0 unspecified atom stereocenters. The maximum absolute atomic E-state index is 2.49. The van der Waals surface area contributed by atoms with E-state index in [0.29, 0.717) is 0 Å². The third-order valence-corrected chi connectivity index (χ3v) is 13.8. The fraction of sp³-hybridized carbons (Fsp3) is 0. The Morgan fingerprint density at radius 3 is 1.34 bits per heavy atom. The summed E-state index contributed by atoms with van der Waals surface area (Å²) in [6.07, 6.45) is 0. The number of para-hydroxylation sites is 2. The minimum atomic E-state index is 1.09. The second-order valence-corrected chi connectivity index (χ2v) is 17.6. The van der Waals surface area contributed by atoms with Crippen molar-refractivity contribution in [2.24, 2.45) is 0 Å². The SMILES string of the molecule is c1ccc(-c2ccc(N(c3ccc(-c4cc5c6ccccc6c6c(c7ccccc7n6-c6ccc(-c7ccccc7)cc6)c5c5ccccc45)cc3)c3ccccc3-c3ccccc3)cc2)cc1. The molecule has 0 radical (unpaired) electrons. The first-order chi connectivity index (χ1) is 33.8. The van der Waals surface area contributed by atoms with Crippen molar-refractivity contribution in [1.29, 1.82) is 0 Å². The van der Waals surface area contributed by atoms with E-state index >= 15 is 0 Å². The Balaban J connectivity index is 0.996. The fourth-order valence-electron chi connectivity index (χ4n) is 10.7. The molecule has 12 aromatic carbocycles. The third-order valence-electron chi connectivity index (χ3n) is 13.8. The minimum absolute atomic E-state index is 1.09. The van der Waals surface area contributed by atoms with Crippen LogP contribution >= 0.6 is 0 Å². The highest BCUT2D eigenvalue weighted by Gasteiger charge is 2.23. The maximum Gasteiger partial charge on any atom is 0.0626 e. The highest BCUT2D eigenvalue weighted by Crippen LogP contribution is 2.48. The van der Waals surface area contributed by atoms with Gasteiger partial charge in [0, 0.05) is 44.2 Å². The summed E-state index contributed by atoms with van der Waals surface area (Å²) in [6, 6.07) is 97.3. The van der Waals surface area contributed by atoms with Gasteiger partial charge in [-0.15, -0.1) is 0 Å². The van der Waals surface area contributed by atoms with Crippen LogP contribution in [0.3, 0.4) is 0 Å². The van der Waals surface area contributed by atoms with Crippen LogP contribution in [0.5, 0.6) is 0 Å². The molecule has 0 aliphatic carbocycles. The van der Waals surface area contributed by atoms with Crippen LogP contribution in [0.2, 0.25) is 0 Å². The van der Waals surface area contributed by atoms with E-state index in [9.17, 15) is 0 Å². The van der Waals surface area contributed by atoms with Gasteiger partial charge in [-0.3, -0.25) is 0 Å². The van der Waals surface area contributed by atoms with Crippen molar-refractivity contribution in [2.45, 2.75) is 0 Å². The lowest BCUT2D eigenvalue weighted by atomic mass is 9.88. The van der Waals surface area contributed by atoms with Gasteiger partial charge in [0.25, 0.3) is 0 Å². The lowest BCUT2D eigenvalue weighted by Crippen LogP contribution is -2.11. The van der Waals surface area contributed by atoms with Gasteiger partial charge in [0.05, 0.1) is 16.7 Å². The molecule has 0 saturated carbocycles. The molecule has 13 rings (SSSR count). The van der Waals surface area contributed by atoms with Crippen molar-refractivity contribution in [3.8, 4) is 50.2 Å². The van der Waals surface area contributed by atoms with Crippen molar-refractivity contribution in [3.05, 3.63) is 267 Å². The standard InChI is InChI=1S/C66H44N2/c1-4-18-45(19-5-1)47-32-38-51(39-33-47)67(62-30-16-14-24-54(62)49-22-8-3-9-23-49)52-42-36-50(37-43-52)60-44-61-56-26-11-13-28-58(56)66-65(64(61)57-27-12-10-25-55(57)60)59-29-15-17-31-63(59)68(66)53-40-34-48(35-41-53)46-20-6-2-7-21-46/h1-44H. The average Bonchev–Trinajstić information content (AvgIpc) is 3.77. The molecular weight excluding hydrogens is 821 g/mol. The van der Waals surface area contributed by atoms with Crippen LogP contribution in [-0.2, 0) is 0 Å². The fourth-order valence-corrected chi connectivity index (χ4v) is 10.7. The van der Waals surface area contributed by atoms with Crippen molar-refractivity contribution >= 4 is 71.2 Å². The molecule has 0 spiro atoms. The Morgan fingerprint density at radius 2 is 0.706 bits per heavy atom. The van der Waals surface area contributed by atoms with Gasteiger partial charge < -0.3 is 9.47 Å². The molecule has 0 N–H and O–H groups in total. The van der Waals surface area contributed by atoms with Gasteiger partial charge >= 0.3 is 0 Å². The largest absolute Gasteiger partial charge is 0.310 e. The van der Waals surface area contributed by atoms with E-state index in [0.717, 1.165) is 22.7 Å². The van der Waals surface area contributed by atoms with Gasteiger partial charge in [-0.1, -0.05) is 212 Å². The Hall–Kier alpha value is -8.98. The molecule has 2 heteroatoms. The number of nitrogens with zero attached hydrogens (tertiary/aromatic N) is 2. The number of aromatic nitrogens is 1. The Morgan fingerprint density at radius 1 is 0.265 bits per heavy atom. The molecule has 0 aliphatic heterocycles.